The highest BCUT2D eigenvalue weighted by Gasteiger charge is 2.27. The quantitative estimate of drug-likeness (QED) is 0.657. The Labute approximate surface area is 179 Å². The third-order valence-corrected chi connectivity index (χ3v) is 6.05. The largest absolute Gasteiger partial charge is 0.496 e. The third-order valence-electron chi connectivity index (χ3n) is 5.11. The zero-order valence-electron chi connectivity index (χ0n) is 17.7. The maximum Gasteiger partial charge on any atom is 0.248 e. The van der Waals surface area contributed by atoms with E-state index in [-0.39, 0.29) is 11.3 Å². The summed E-state index contributed by atoms with van der Waals surface area (Å²) in [5.74, 6) is 0.473. The van der Waals surface area contributed by atoms with E-state index in [0.717, 1.165) is 43.4 Å². The van der Waals surface area contributed by atoms with Gasteiger partial charge in [-0.2, -0.15) is 0 Å². The molecule has 2 aromatic carbocycles. The molecule has 0 fully saturated rings. The van der Waals surface area contributed by atoms with Crippen molar-refractivity contribution in [2.24, 2.45) is 0 Å². The topological polar surface area (TPSA) is 74.7 Å². The number of aromatic nitrogens is 1. The summed E-state index contributed by atoms with van der Waals surface area (Å²) in [4.78, 5) is 17.8. The monoisotopic (exact) mass is 423 g/mol. The zero-order chi connectivity index (χ0) is 21.6. The van der Waals surface area contributed by atoms with E-state index in [1.54, 1.807) is 29.5 Å². The summed E-state index contributed by atoms with van der Waals surface area (Å²) in [7, 11) is 1.68. The van der Waals surface area contributed by atoms with Gasteiger partial charge in [-0.05, 0) is 42.2 Å². The first-order valence-electron chi connectivity index (χ1n) is 9.72. The minimum absolute atomic E-state index is 0.199. The van der Waals surface area contributed by atoms with Crippen LogP contribution in [-0.2, 0) is 10.2 Å². The average molecular weight is 424 g/mol. The molecule has 30 heavy (non-hydrogen) atoms. The molecule has 156 valence electrons. The van der Waals surface area contributed by atoms with Gasteiger partial charge in [-0.15, -0.1) is 11.3 Å². The van der Waals surface area contributed by atoms with Gasteiger partial charge in [0.1, 0.15) is 5.75 Å². The molecule has 6 nitrogen and oxygen atoms in total. The average Bonchev–Trinajstić information content (AvgIpc) is 3.05. The Kier molecular flexibility index (Phi) is 5.03. The maximum absolute atomic E-state index is 11.6. The SMILES string of the molecule is COc1c(-c2ccc3nc(C)sc3c2)cc(N2C=CC(=O)NC2O)cc1C(C)(C)C. The number of nitrogens with zero attached hydrogens (tertiary/aromatic N) is 2. The van der Waals surface area contributed by atoms with Gasteiger partial charge in [-0.3, -0.25) is 4.79 Å². The van der Waals surface area contributed by atoms with Crippen molar-refractivity contribution < 1.29 is 14.6 Å². The first-order chi connectivity index (χ1) is 14.2. The second-order valence-corrected chi connectivity index (χ2v) is 9.58. The summed E-state index contributed by atoms with van der Waals surface area (Å²) in [6.45, 7) is 8.37. The number of aryl methyl sites for hydroxylation is 1. The second kappa shape index (κ2) is 7.41. The number of hydrogen-bond acceptors (Lipinski definition) is 6. The maximum atomic E-state index is 11.6. The van der Waals surface area contributed by atoms with Crippen LogP contribution in [0.25, 0.3) is 21.3 Å². The van der Waals surface area contributed by atoms with Gasteiger partial charge in [0, 0.05) is 29.1 Å². The Balaban J connectivity index is 1.95. The molecule has 0 spiro atoms. The van der Waals surface area contributed by atoms with Gasteiger partial charge < -0.3 is 20.1 Å². The van der Waals surface area contributed by atoms with Crippen LogP contribution >= 0.6 is 11.3 Å². The highest BCUT2D eigenvalue weighted by atomic mass is 32.1. The molecule has 4 rings (SSSR count). The fraction of sp³-hybridized carbons (Fsp3) is 0.304. The second-order valence-electron chi connectivity index (χ2n) is 8.34. The number of fused-ring (bicyclic) bond motifs is 1. The Bertz CT molecular complexity index is 1160. The lowest BCUT2D eigenvalue weighted by molar-refractivity contribution is -0.119. The number of carbonyl (C=O) groups excluding carboxylic acids is 1. The van der Waals surface area contributed by atoms with Gasteiger partial charge in [-0.1, -0.05) is 26.8 Å². The lowest BCUT2D eigenvalue weighted by atomic mass is 9.83. The van der Waals surface area contributed by atoms with E-state index < -0.39 is 6.35 Å². The molecule has 0 saturated heterocycles. The van der Waals surface area contributed by atoms with Crippen molar-refractivity contribution in [3.8, 4) is 16.9 Å². The van der Waals surface area contributed by atoms with E-state index in [1.165, 1.54) is 6.08 Å². The molecule has 3 aromatic rings. The molecule has 0 aliphatic carbocycles. The van der Waals surface area contributed by atoms with E-state index >= 15 is 0 Å². The number of carbonyl (C=O) groups is 1. The number of aliphatic hydroxyl groups excluding tert-OH is 1. The molecular formula is C23H25N3O3S. The minimum atomic E-state index is -1.14. The smallest absolute Gasteiger partial charge is 0.248 e. The van der Waals surface area contributed by atoms with Crippen molar-refractivity contribution in [2.75, 3.05) is 12.0 Å². The van der Waals surface area contributed by atoms with Crippen molar-refractivity contribution in [1.29, 1.82) is 0 Å². The van der Waals surface area contributed by atoms with Crippen molar-refractivity contribution in [3.05, 3.63) is 53.2 Å². The molecule has 1 unspecified atom stereocenters. The summed E-state index contributed by atoms with van der Waals surface area (Å²) < 4.78 is 6.99. The van der Waals surface area contributed by atoms with Crippen LogP contribution < -0.4 is 15.0 Å². The fourth-order valence-corrected chi connectivity index (χ4v) is 4.53. The molecule has 0 radical (unpaired) electrons. The van der Waals surface area contributed by atoms with Crippen LogP contribution in [0.15, 0.2) is 42.6 Å². The van der Waals surface area contributed by atoms with Crippen molar-refractivity contribution in [2.45, 2.75) is 39.5 Å². The zero-order valence-corrected chi connectivity index (χ0v) is 18.5. The number of methoxy groups -OCH3 is 1. The van der Waals surface area contributed by atoms with Crippen LogP contribution in [0.2, 0.25) is 0 Å². The van der Waals surface area contributed by atoms with Crippen LogP contribution in [0, 0.1) is 6.92 Å². The van der Waals surface area contributed by atoms with Crippen molar-refractivity contribution >= 4 is 33.1 Å². The fourth-order valence-electron chi connectivity index (χ4n) is 3.66. The number of nitrogens with one attached hydrogen (secondary N) is 1. The Morgan fingerprint density at radius 2 is 2.00 bits per heavy atom. The van der Waals surface area contributed by atoms with Gasteiger partial charge in [0.15, 0.2) is 0 Å². The van der Waals surface area contributed by atoms with Crippen LogP contribution in [-0.4, -0.2) is 29.5 Å². The summed E-state index contributed by atoms with van der Waals surface area (Å²) in [6, 6.07) is 10.2. The minimum Gasteiger partial charge on any atom is -0.496 e. The number of thiazole rings is 1. The number of ether oxygens (including phenoxy) is 1. The molecule has 1 atom stereocenters. The summed E-state index contributed by atoms with van der Waals surface area (Å²) >= 11 is 1.66. The van der Waals surface area contributed by atoms with Crippen LogP contribution in [0.1, 0.15) is 31.3 Å². The predicted octanol–water partition coefficient (Wildman–Crippen LogP) is 4.30. The molecule has 2 N–H and O–H groups in total. The third kappa shape index (κ3) is 3.66. The first kappa shape index (κ1) is 20.4. The Morgan fingerprint density at radius 1 is 1.23 bits per heavy atom. The molecular weight excluding hydrogens is 398 g/mol. The molecule has 0 bridgehead atoms. The normalized spacial score (nSPS) is 16.8. The molecule has 1 aliphatic heterocycles. The molecule has 0 saturated carbocycles. The molecule has 2 heterocycles. The lowest BCUT2D eigenvalue weighted by Gasteiger charge is -2.32. The van der Waals surface area contributed by atoms with Gasteiger partial charge in [0.2, 0.25) is 12.3 Å². The van der Waals surface area contributed by atoms with Gasteiger partial charge >= 0.3 is 0 Å². The van der Waals surface area contributed by atoms with Gasteiger partial charge in [0.25, 0.3) is 0 Å². The lowest BCUT2D eigenvalue weighted by Crippen LogP contribution is -2.48. The van der Waals surface area contributed by atoms with Gasteiger partial charge in [0.05, 0.1) is 22.3 Å². The summed E-state index contributed by atoms with van der Waals surface area (Å²) in [5.41, 5.74) is 4.48. The number of aliphatic hydroxyl groups is 1. The Hall–Kier alpha value is -2.90. The van der Waals surface area contributed by atoms with Crippen LogP contribution in [0.5, 0.6) is 5.75 Å². The highest BCUT2D eigenvalue weighted by Crippen LogP contribution is 2.43. The molecule has 1 aromatic heterocycles. The molecule has 1 amide bonds. The first-order valence-corrected chi connectivity index (χ1v) is 10.5. The highest BCUT2D eigenvalue weighted by molar-refractivity contribution is 7.18. The van der Waals surface area contributed by atoms with E-state index in [0.29, 0.717) is 0 Å². The van der Waals surface area contributed by atoms with Crippen LogP contribution in [0.4, 0.5) is 5.69 Å². The number of hydrogen-bond donors (Lipinski definition) is 2. The van der Waals surface area contributed by atoms with E-state index in [1.807, 2.05) is 31.2 Å². The molecule has 7 heteroatoms. The number of anilines is 1. The predicted molar refractivity (Wildman–Crippen MR) is 121 cm³/mol. The Morgan fingerprint density at radius 3 is 2.67 bits per heavy atom. The van der Waals surface area contributed by atoms with E-state index in [2.05, 4.69) is 37.1 Å². The van der Waals surface area contributed by atoms with Crippen LogP contribution in [0.3, 0.4) is 0 Å². The van der Waals surface area contributed by atoms with E-state index in [4.69, 9.17) is 4.74 Å². The number of amides is 1. The summed E-state index contributed by atoms with van der Waals surface area (Å²) in [5, 5.41) is 14.0. The van der Waals surface area contributed by atoms with Crippen molar-refractivity contribution in [3.63, 3.8) is 0 Å². The van der Waals surface area contributed by atoms with Gasteiger partial charge in [-0.25, -0.2) is 4.98 Å². The summed E-state index contributed by atoms with van der Waals surface area (Å²) in [6.07, 6.45) is 1.86. The number of benzene rings is 2. The van der Waals surface area contributed by atoms with Crippen molar-refractivity contribution in [1.82, 2.24) is 10.3 Å². The standard InChI is InChI=1S/C23H25N3O3S/c1-13-24-18-7-6-14(10-19(18)30-13)16-11-15(26-9-8-20(27)25-22(26)28)12-17(21(16)29-5)23(2,3)4/h6-12,22,28H,1-5H3,(H,25,27). The number of rotatable bonds is 3. The van der Waals surface area contributed by atoms with E-state index in [9.17, 15) is 9.90 Å². The molecule has 1 aliphatic rings.